The van der Waals surface area contributed by atoms with Gasteiger partial charge in [0.15, 0.2) is 0 Å². The number of carboxylic acid groups (broad SMARTS) is 1. The number of nitrogens with one attached hydrogen (secondary N) is 1. The topological polar surface area (TPSA) is 119 Å². The second-order valence-electron chi connectivity index (χ2n) is 20.8. The van der Waals surface area contributed by atoms with Crippen molar-refractivity contribution in [3.05, 3.63) is 36.0 Å². The predicted molar refractivity (Wildman–Crippen MR) is 251 cm³/mol. The monoisotopic (exact) mass is 812 g/mol. The number of amides is 2. The molecule has 0 aromatic heterocycles. The number of fused-ring (bicyclic) bond motifs is 1. The molecule has 9 nitrogen and oxygen atoms in total. The lowest BCUT2D eigenvalue weighted by Crippen LogP contribution is -2.40. The number of methoxy groups -OCH3 is 1. The number of hydroxylamine groups is 1. The second kappa shape index (κ2) is 24.9. The lowest BCUT2D eigenvalue weighted by molar-refractivity contribution is -0.153. The molecule has 0 spiro atoms. The molecule has 9 heteroatoms. The second-order valence-corrected chi connectivity index (χ2v) is 20.8. The maximum absolute atomic E-state index is 11.7. The molecule has 1 aromatic rings. The smallest absolute Gasteiger partial charge is 0.309 e. The highest BCUT2D eigenvalue weighted by Crippen LogP contribution is 2.39. The average molecular weight is 812 g/mol. The summed E-state index contributed by atoms with van der Waals surface area (Å²) in [7, 11) is 3.53. The molecule has 2 amide bonds. The van der Waals surface area contributed by atoms with Gasteiger partial charge in [-0.3, -0.25) is 19.6 Å². The van der Waals surface area contributed by atoms with Crippen LogP contribution in [0.5, 0.6) is 0 Å². The molecule has 340 valence electrons. The quantitative estimate of drug-likeness (QED) is 0.205. The first-order valence-electron chi connectivity index (χ1n) is 19.3. The van der Waals surface area contributed by atoms with E-state index in [4.69, 9.17) is 9.84 Å². The zero-order valence-corrected chi connectivity index (χ0v) is 39.4. The maximum atomic E-state index is 11.7. The van der Waals surface area contributed by atoms with Gasteiger partial charge in [0.25, 0.3) is 5.91 Å². The summed E-state index contributed by atoms with van der Waals surface area (Å²) in [6, 6.07) is 5.91. The van der Waals surface area contributed by atoms with Crippen LogP contribution in [0.15, 0.2) is 30.5 Å². The molecule has 0 fully saturated rings. The van der Waals surface area contributed by atoms with Crippen LogP contribution in [-0.4, -0.2) is 53.9 Å². The number of hydrogen-bond donors (Lipinski definition) is 3. The number of rotatable bonds is 4. The van der Waals surface area contributed by atoms with E-state index in [2.05, 4.69) is 116 Å². The number of benzene rings is 1. The van der Waals surface area contributed by atoms with Crippen LogP contribution in [0.1, 0.15) is 193 Å². The van der Waals surface area contributed by atoms with Gasteiger partial charge in [-0.1, -0.05) is 152 Å². The van der Waals surface area contributed by atoms with Gasteiger partial charge in [-0.2, -0.15) is 5.06 Å². The van der Waals surface area contributed by atoms with E-state index in [-0.39, 0.29) is 67.2 Å². The lowest BCUT2D eigenvalue weighted by atomic mass is 9.69. The number of hydrogen-bond acceptors (Lipinski definition) is 6. The van der Waals surface area contributed by atoms with Crippen molar-refractivity contribution in [2.24, 2.45) is 27.1 Å². The van der Waals surface area contributed by atoms with E-state index in [1.54, 1.807) is 45.9 Å². The van der Waals surface area contributed by atoms with Gasteiger partial charge in [0, 0.05) is 27.1 Å². The van der Waals surface area contributed by atoms with Crippen molar-refractivity contribution in [1.82, 2.24) is 5.32 Å². The molecule has 1 aliphatic rings. The van der Waals surface area contributed by atoms with Crippen LogP contribution in [0.4, 0.5) is 11.4 Å². The Morgan fingerprint density at radius 1 is 0.807 bits per heavy atom. The molecule has 1 aliphatic heterocycles. The fourth-order valence-corrected chi connectivity index (χ4v) is 3.86. The fourth-order valence-electron chi connectivity index (χ4n) is 3.86. The number of aliphatic carboxylic acids is 1. The molecular weight excluding hydrogens is 715 g/mol. The first-order valence-corrected chi connectivity index (χ1v) is 19.3. The minimum atomic E-state index is -0.736. The van der Waals surface area contributed by atoms with Crippen molar-refractivity contribution >= 4 is 29.2 Å². The number of ether oxygens (including phenoxy) is 1. The Hall–Kier alpha value is -2.91. The number of carbonyl (C=O) groups excluding carboxylic acids is 2. The van der Waals surface area contributed by atoms with Gasteiger partial charge in [0.05, 0.1) is 22.4 Å². The zero-order valence-electron chi connectivity index (χ0n) is 39.4. The Morgan fingerprint density at radius 2 is 1.23 bits per heavy atom. The van der Waals surface area contributed by atoms with Gasteiger partial charge in [-0.25, -0.2) is 0 Å². The molecule has 0 aliphatic carbocycles. The zero-order chi connectivity index (χ0) is 44.2. The van der Waals surface area contributed by atoms with Crippen molar-refractivity contribution in [2.75, 3.05) is 24.1 Å². The summed E-state index contributed by atoms with van der Waals surface area (Å²) in [5.41, 5.74) is 2.78. The van der Waals surface area contributed by atoms with E-state index < -0.39 is 17.3 Å². The van der Waals surface area contributed by atoms with E-state index in [9.17, 15) is 19.6 Å². The Morgan fingerprint density at radius 3 is 1.42 bits per heavy atom. The standard InChI is InChI=1S/C14H18N2O2.C8H17NO.C8H16O2.C8H18O.C7H16.3CH4/c1-9-13(17)16(18)11-7-6-10(14(2,3)4)8-12(11)15(9)5;1-6(8(3,4)5)9-7(2)10;1-7(2,3)8(4,5)6(9)10;1-7(2,3)8(4,5)9-6;1-5-6-7(2,3)4;;;/h6-8,18H,1H2,2-5H3;6H,1-5H3,(H,9,10);1-5H3,(H,9,10);1-6H3;5-6H2,1-4H3;3*1H4. The Balaban J connectivity index is -0.000000147. The molecule has 2 rings (SSSR count). The van der Waals surface area contributed by atoms with E-state index in [1.165, 1.54) is 12.8 Å². The maximum Gasteiger partial charge on any atom is 0.309 e. The van der Waals surface area contributed by atoms with Crippen LogP contribution >= 0.6 is 0 Å². The predicted octanol–water partition coefficient (Wildman–Crippen LogP) is 13.6. The first-order chi connectivity index (χ1) is 23.6. The van der Waals surface area contributed by atoms with E-state index in [0.29, 0.717) is 16.2 Å². The Labute approximate surface area is 354 Å². The minimum Gasteiger partial charge on any atom is -0.481 e. The summed E-state index contributed by atoms with van der Waals surface area (Å²) in [5, 5.41) is 22.1. The average Bonchev–Trinajstić information content (AvgIpc) is 2.97. The number of nitrogens with zero attached hydrogens (tertiary/aromatic N) is 2. The third-order valence-electron chi connectivity index (χ3n) is 10.7. The molecule has 0 saturated heterocycles. The number of carboxylic acids is 1. The largest absolute Gasteiger partial charge is 0.481 e. The van der Waals surface area contributed by atoms with E-state index in [0.717, 1.165) is 11.3 Å². The molecule has 57 heavy (non-hydrogen) atoms. The Bertz CT molecular complexity index is 1340. The molecule has 3 N–H and O–H groups in total. The molecule has 1 unspecified atom stereocenters. The number of carbonyl (C=O) groups is 3. The van der Waals surface area contributed by atoms with Crippen molar-refractivity contribution in [2.45, 2.75) is 205 Å². The van der Waals surface area contributed by atoms with Gasteiger partial charge in [-0.15, -0.1) is 0 Å². The summed E-state index contributed by atoms with van der Waals surface area (Å²) < 4.78 is 5.30. The summed E-state index contributed by atoms with van der Waals surface area (Å²) >= 11 is 0. The van der Waals surface area contributed by atoms with Crippen LogP contribution in [0.25, 0.3) is 0 Å². The molecule has 1 aromatic carbocycles. The summed E-state index contributed by atoms with van der Waals surface area (Å²) in [4.78, 5) is 34.7. The molecule has 1 heterocycles. The van der Waals surface area contributed by atoms with Crippen molar-refractivity contribution in [3.8, 4) is 0 Å². The van der Waals surface area contributed by atoms with Crippen LogP contribution in [0, 0.1) is 27.1 Å². The van der Waals surface area contributed by atoms with Gasteiger partial charge in [0.1, 0.15) is 5.70 Å². The normalized spacial score (nSPS) is 13.6. The minimum absolute atomic E-state index is 0. The van der Waals surface area contributed by atoms with E-state index >= 15 is 0 Å². The first kappa shape index (κ1) is 65.9. The molecule has 1 atom stereocenters. The Kier molecular flexibility index (Phi) is 28.8. The highest BCUT2D eigenvalue weighted by Gasteiger charge is 2.39. The van der Waals surface area contributed by atoms with Crippen molar-refractivity contribution < 1.29 is 29.4 Å². The summed E-state index contributed by atoms with van der Waals surface area (Å²) in [6.45, 7) is 49.0. The molecular formula is C48H97N3O6. The summed E-state index contributed by atoms with van der Waals surface area (Å²) in [5.74, 6) is -1.18. The van der Waals surface area contributed by atoms with Gasteiger partial charge >= 0.3 is 5.97 Å². The van der Waals surface area contributed by atoms with E-state index in [1.807, 2.05) is 39.8 Å². The highest BCUT2D eigenvalue weighted by atomic mass is 16.5. The van der Waals surface area contributed by atoms with Crippen LogP contribution in [0.3, 0.4) is 0 Å². The molecule has 0 bridgehead atoms. The third kappa shape index (κ3) is 23.3. The third-order valence-corrected chi connectivity index (χ3v) is 10.7. The summed E-state index contributed by atoms with van der Waals surface area (Å²) in [6.07, 6.45) is 2.65. The van der Waals surface area contributed by atoms with Crippen LogP contribution < -0.4 is 15.3 Å². The fraction of sp³-hybridized carbons (Fsp3) is 0.771. The SMILES string of the molecule is C.C.C.C=C1C(=O)N(O)c2ccc(C(C)(C)C)cc2N1C.CC(=O)NC(C)C(C)(C)C.CC(C)(C)C(C)(C)C(=O)O.CCCC(C)(C)C.COC(C)(C)C(C)(C)C. The van der Waals surface area contributed by atoms with Crippen LogP contribution in [-0.2, 0) is 24.5 Å². The number of anilines is 2. The molecule has 0 saturated carbocycles. The van der Waals surface area contributed by atoms with Crippen LogP contribution in [0.2, 0.25) is 0 Å². The lowest BCUT2D eigenvalue weighted by Gasteiger charge is -2.37. The highest BCUT2D eigenvalue weighted by molar-refractivity contribution is 6.11. The molecule has 0 radical (unpaired) electrons. The number of likely N-dealkylation sites (N-methyl/N-ethyl adjacent to an activating group) is 1. The van der Waals surface area contributed by atoms with Crippen molar-refractivity contribution in [1.29, 1.82) is 0 Å². The van der Waals surface area contributed by atoms with Crippen molar-refractivity contribution in [3.63, 3.8) is 0 Å². The van der Waals surface area contributed by atoms with Gasteiger partial charge < -0.3 is 20.1 Å². The van der Waals surface area contributed by atoms with Gasteiger partial charge in [0.2, 0.25) is 5.91 Å². The van der Waals surface area contributed by atoms with Gasteiger partial charge in [-0.05, 0) is 85.8 Å².